The van der Waals surface area contributed by atoms with Crippen LogP contribution in [0.4, 0.5) is 0 Å². The van der Waals surface area contributed by atoms with E-state index in [1.54, 1.807) is 7.11 Å². The lowest BCUT2D eigenvalue weighted by atomic mass is 9.68. The third-order valence-corrected chi connectivity index (χ3v) is 4.01. The SMILES string of the molecule is COc1cccc([C@@]2(C)CCCC[C@H]2N)c1. The molecule has 1 aliphatic rings. The second-order valence-electron chi connectivity index (χ2n) is 5.00. The van der Waals surface area contributed by atoms with Crippen molar-refractivity contribution in [2.45, 2.75) is 44.1 Å². The van der Waals surface area contributed by atoms with Crippen LogP contribution in [0.15, 0.2) is 24.3 Å². The van der Waals surface area contributed by atoms with Crippen molar-refractivity contribution >= 4 is 0 Å². The van der Waals surface area contributed by atoms with Crippen molar-refractivity contribution in [3.8, 4) is 5.75 Å². The first-order valence-electron chi connectivity index (χ1n) is 6.07. The zero-order chi connectivity index (χ0) is 11.6. The first-order valence-corrected chi connectivity index (χ1v) is 6.07. The highest BCUT2D eigenvalue weighted by Gasteiger charge is 2.35. The van der Waals surface area contributed by atoms with Crippen molar-refractivity contribution in [2.24, 2.45) is 5.73 Å². The number of benzene rings is 1. The highest BCUT2D eigenvalue weighted by Crippen LogP contribution is 2.39. The number of ether oxygens (including phenoxy) is 1. The van der Waals surface area contributed by atoms with E-state index in [0.717, 1.165) is 12.2 Å². The van der Waals surface area contributed by atoms with Crippen molar-refractivity contribution in [2.75, 3.05) is 7.11 Å². The van der Waals surface area contributed by atoms with E-state index >= 15 is 0 Å². The molecular formula is C14H21NO. The summed E-state index contributed by atoms with van der Waals surface area (Å²) in [7, 11) is 1.71. The van der Waals surface area contributed by atoms with Gasteiger partial charge < -0.3 is 10.5 Å². The van der Waals surface area contributed by atoms with Gasteiger partial charge in [0.15, 0.2) is 0 Å². The molecule has 0 bridgehead atoms. The molecule has 1 saturated carbocycles. The molecule has 0 aromatic heterocycles. The number of rotatable bonds is 2. The minimum atomic E-state index is 0.118. The lowest BCUT2D eigenvalue weighted by molar-refractivity contribution is 0.271. The van der Waals surface area contributed by atoms with Gasteiger partial charge in [-0.1, -0.05) is 31.9 Å². The van der Waals surface area contributed by atoms with Crippen LogP contribution in [-0.4, -0.2) is 13.2 Å². The molecule has 0 radical (unpaired) electrons. The Balaban J connectivity index is 2.33. The Kier molecular flexibility index (Phi) is 3.20. The van der Waals surface area contributed by atoms with Crippen molar-refractivity contribution in [3.05, 3.63) is 29.8 Å². The standard InChI is InChI=1S/C14H21NO/c1-14(9-4-3-8-13(14)15)11-6-5-7-12(10-11)16-2/h5-7,10,13H,3-4,8-9,15H2,1-2H3/t13-,14-/m1/s1. The van der Waals surface area contributed by atoms with Gasteiger partial charge in [-0.3, -0.25) is 0 Å². The number of methoxy groups -OCH3 is 1. The quantitative estimate of drug-likeness (QED) is 0.830. The molecule has 88 valence electrons. The molecule has 1 fully saturated rings. The van der Waals surface area contributed by atoms with E-state index in [1.165, 1.54) is 24.8 Å². The third kappa shape index (κ3) is 1.94. The molecule has 0 heterocycles. The first kappa shape index (κ1) is 11.5. The fourth-order valence-corrected chi connectivity index (χ4v) is 2.70. The van der Waals surface area contributed by atoms with Gasteiger partial charge in [0.2, 0.25) is 0 Å². The summed E-state index contributed by atoms with van der Waals surface area (Å²) in [6, 6.07) is 8.62. The average molecular weight is 219 g/mol. The Bertz CT molecular complexity index is 364. The molecule has 2 N–H and O–H groups in total. The minimum Gasteiger partial charge on any atom is -0.497 e. The molecule has 2 atom stereocenters. The van der Waals surface area contributed by atoms with Gasteiger partial charge in [-0.25, -0.2) is 0 Å². The molecule has 1 aromatic rings. The van der Waals surface area contributed by atoms with E-state index in [4.69, 9.17) is 10.5 Å². The van der Waals surface area contributed by atoms with E-state index in [9.17, 15) is 0 Å². The van der Waals surface area contributed by atoms with Crippen LogP contribution in [0.3, 0.4) is 0 Å². The summed E-state index contributed by atoms with van der Waals surface area (Å²) in [6.07, 6.45) is 4.86. The predicted molar refractivity (Wildman–Crippen MR) is 66.8 cm³/mol. The van der Waals surface area contributed by atoms with Crippen LogP contribution in [0, 0.1) is 0 Å². The topological polar surface area (TPSA) is 35.2 Å². The van der Waals surface area contributed by atoms with Gasteiger partial charge in [0.1, 0.15) is 5.75 Å². The second-order valence-corrected chi connectivity index (χ2v) is 5.00. The fourth-order valence-electron chi connectivity index (χ4n) is 2.70. The summed E-state index contributed by atoms with van der Waals surface area (Å²) >= 11 is 0. The van der Waals surface area contributed by atoms with Crippen LogP contribution >= 0.6 is 0 Å². The molecule has 0 saturated heterocycles. The van der Waals surface area contributed by atoms with Gasteiger partial charge in [-0.15, -0.1) is 0 Å². The van der Waals surface area contributed by atoms with Gasteiger partial charge in [-0.05, 0) is 30.5 Å². The van der Waals surface area contributed by atoms with E-state index in [-0.39, 0.29) is 11.5 Å². The Labute approximate surface area is 97.8 Å². The lowest BCUT2D eigenvalue weighted by Crippen LogP contribution is -2.45. The maximum absolute atomic E-state index is 6.30. The summed E-state index contributed by atoms with van der Waals surface area (Å²) in [6.45, 7) is 2.28. The lowest BCUT2D eigenvalue weighted by Gasteiger charge is -2.40. The van der Waals surface area contributed by atoms with Crippen molar-refractivity contribution in [1.29, 1.82) is 0 Å². The zero-order valence-electron chi connectivity index (χ0n) is 10.2. The van der Waals surface area contributed by atoms with E-state index in [2.05, 4.69) is 25.1 Å². The first-order chi connectivity index (χ1) is 7.66. The average Bonchev–Trinajstić information content (AvgIpc) is 2.33. The third-order valence-electron chi connectivity index (χ3n) is 4.01. The molecule has 1 aromatic carbocycles. The van der Waals surface area contributed by atoms with E-state index in [1.807, 2.05) is 6.07 Å². The van der Waals surface area contributed by atoms with E-state index < -0.39 is 0 Å². The van der Waals surface area contributed by atoms with Gasteiger partial charge in [-0.2, -0.15) is 0 Å². The molecule has 1 aliphatic carbocycles. The van der Waals surface area contributed by atoms with Crippen LogP contribution in [0.2, 0.25) is 0 Å². The van der Waals surface area contributed by atoms with Crippen LogP contribution < -0.4 is 10.5 Å². The summed E-state index contributed by atoms with van der Waals surface area (Å²) in [5, 5.41) is 0. The smallest absolute Gasteiger partial charge is 0.119 e. The van der Waals surface area contributed by atoms with Crippen molar-refractivity contribution in [3.63, 3.8) is 0 Å². The second kappa shape index (κ2) is 4.46. The normalized spacial score (nSPS) is 30.1. The van der Waals surface area contributed by atoms with Crippen LogP contribution in [0.5, 0.6) is 5.75 Å². The van der Waals surface area contributed by atoms with Crippen LogP contribution in [0.25, 0.3) is 0 Å². The van der Waals surface area contributed by atoms with E-state index in [0.29, 0.717) is 0 Å². The molecule has 16 heavy (non-hydrogen) atoms. The molecule has 0 amide bonds. The highest BCUT2D eigenvalue weighted by molar-refractivity contribution is 5.35. The van der Waals surface area contributed by atoms with Crippen LogP contribution in [0.1, 0.15) is 38.2 Å². The maximum atomic E-state index is 6.30. The largest absolute Gasteiger partial charge is 0.497 e. The summed E-state index contributed by atoms with van der Waals surface area (Å²) in [5.41, 5.74) is 7.73. The summed E-state index contributed by atoms with van der Waals surface area (Å²) < 4.78 is 5.29. The maximum Gasteiger partial charge on any atom is 0.119 e. The zero-order valence-corrected chi connectivity index (χ0v) is 10.2. The highest BCUT2D eigenvalue weighted by atomic mass is 16.5. The van der Waals surface area contributed by atoms with Crippen LogP contribution in [-0.2, 0) is 5.41 Å². The fraction of sp³-hybridized carbons (Fsp3) is 0.571. The predicted octanol–water partition coefficient (Wildman–Crippen LogP) is 2.85. The van der Waals surface area contributed by atoms with Gasteiger partial charge in [0.25, 0.3) is 0 Å². The Morgan fingerprint density at radius 3 is 2.88 bits per heavy atom. The number of nitrogens with two attached hydrogens (primary N) is 1. The molecular weight excluding hydrogens is 198 g/mol. The van der Waals surface area contributed by atoms with Crippen molar-refractivity contribution in [1.82, 2.24) is 0 Å². The Hall–Kier alpha value is -1.02. The van der Waals surface area contributed by atoms with Gasteiger partial charge >= 0.3 is 0 Å². The molecule has 2 rings (SSSR count). The molecule has 2 nitrogen and oxygen atoms in total. The molecule has 2 heteroatoms. The number of hydrogen-bond acceptors (Lipinski definition) is 2. The molecule has 0 aliphatic heterocycles. The Morgan fingerprint density at radius 2 is 2.19 bits per heavy atom. The number of hydrogen-bond donors (Lipinski definition) is 1. The Morgan fingerprint density at radius 1 is 1.38 bits per heavy atom. The molecule has 0 spiro atoms. The van der Waals surface area contributed by atoms with Gasteiger partial charge in [0, 0.05) is 11.5 Å². The summed E-state index contributed by atoms with van der Waals surface area (Å²) in [5.74, 6) is 0.927. The van der Waals surface area contributed by atoms with Crippen molar-refractivity contribution < 1.29 is 4.74 Å². The molecule has 0 unspecified atom stereocenters. The minimum absolute atomic E-state index is 0.118. The monoisotopic (exact) mass is 219 g/mol. The van der Waals surface area contributed by atoms with Gasteiger partial charge in [0.05, 0.1) is 7.11 Å². The summed E-state index contributed by atoms with van der Waals surface area (Å²) in [4.78, 5) is 0.